The zero-order valence-corrected chi connectivity index (χ0v) is 16.7. The van der Waals surface area contributed by atoms with Crippen molar-refractivity contribution in [3.8, 4) is 0 Å². The number of hydrogen-bond acceptors (Lipinski definition) is 2. The van der Waals surface area contributed by atoms with Gasteiger partial charge in [0, 0.05) is 24.8 Å². The molecule has 2 aromatic carbocycles. The molecule has 0 aliphatic heterocycles. The Kier molecular flexibility index (Phi) is 6.97. The molecule has 134 valence electrons. The van der Waals surface area contributed by atoms with Crippen molar-refractivity contribution in [2.24, 2.45) is 0 Å². The fraction of sp³-hybridized carbons (Fsp3) is 0.381. The van der Waals surface area contributed by atoms with Gasteiger partial charge >= 0.3 is 0 Å². The van der Waals surface area contributed by atoms with Crippen LogP contribution in [0.4, 0.5) is 5.69 Å². The summed E-state index contributed by atoms with van der Waals surface area (Å²) in [4.78, 5) is 2.34. The van der Waals surface area contributed by atoms with Crippen molar-refractivity contribution in [3.05, 3.63) is 64.7 Å². The van der Waals surface area contributed by atoms with E-state index in [4.69, 9.17) is 12.2 Å². The molecule has 2 N–H and O–H groups in total. The first kappa shape index (κ1) is 19.4. The van der Waals surface area contributed by atoms with Crippen LogP contribution in [0.3, 0.4) is 0 Å². The van der Waals surface area contributed by atoms with Crippen LogP contribution in [-0.2, 0) is 13.1 Å². The SMILES string of the molecule is Cc1ccc(NC(=S)NCc2ccccc2CN(C)C(C)C)c(C)c1. The molecule has 0 atom stereocenters. The quantitative estimate of drug-likeness (QED) is 0.739. The average Bonchev–Trinajstić information content (AvgIpc) is 2.56. The van der Waals surface area contributed by atoms with Crippen LogP contribution in [0.1, 0.15) is 36.1 Å². The van der Waals surface area contributed by atoms with E-state index in [1.54, 1.807) is 0 Å². The highest BCUT2D eigenvalue weighted by Gasteiger charge is 2.08. The third kappa shape index (κ3) is 5.83. The third-order valence-electron chi connectivity index (χ3n) is 4.49. The predicted molar refractivity (Wildman–Crippen MR) is 112 cm³/mol. The van der Waals surface area contributed by atoms with Gasteiger partial charge in [0.15, 0.2) is 5.11 Å². The number of rotatable bonds is 6. The molecule has 4 heteroatoms. The number of benzene rings is 2. The van der Waals surface area contributed by atoms with E-state index in [9.17, 15) is 0 Å². The van der Waals surface area contributed by atoms with Crippen LogP contribution in [0.15, 0.2) is 42.5 Å². The topological polar surface area (TPSA) is 27.3 Å². The summed E-state index contributed by atoms with van der Waals surface area (Å²) in [6.07, 6.45) is 0. The average molecular weight is 356 g/mol. The molecule has 0 aliphatic carbocycles. The molecule has 0 heterocycles. The standard InChI is InChI=1S/C21H29N3S/c1-15(2)24(5)14-19-9-7-6-8-18(19)13-22-21(25)23-20-11-10-16(3)12-17(20)4/h6-12,15H,13-14H2,1-5H3,(H2,22,23,25). The smallest absolute Gasteiger partial charge is 0.171 e. The first-order valence-electron chi connectivity index (χ1n) is 8.76. The Morgan fingerprint density at radius 3 is 2.40 bits per heavy atom. The lowest BCUT2D eigenvalue weighted by Gasteiger charge is -2.23. The maximum atomic E-state index is 5.47. The highest BCUT2D eigenvalue weighted by molar-refractivity contribution is 7.80. The highest BCUT2D eigenvalue weighted by Crippen LogP contribution is 2.16. The van der Waals surface area contributed by atoms with Crippen molar-refractivity contribution in [3.63, 3.8) is 0 Å². The van der Waals surface area contributed by atoms with Crippen LogP contribution in [0.25, 0.3) is 0 Å². The van der Waals surface area contributed by atoms with Gasteiger partial charge in [-0.1, -0.05) is 42.0 Å². The van der Waals surface area contributed by atoms with Gasteiger partial charge in [-0.25, -0.2) is 0 Å². The van der Waals surface area contributed by atoms with Gasteiger partial charge in [-0.05, 0) is 69.7 Å². The minimum absolute atomic E-state index is 0.522. The molecule has 0 amide bonds. The van der Waals surface area contributed by atoms with E-state index in [0.717, 1.165) is 18.8 Å². The monoisotopic (exact) mass is 355 g/mol. The highest BCUT2D eigenvalue weighted by atomic mass is 32.1. The molecule has 0 saturated heterocycles. The minimum atomic E-state index is 0.522. The second-order valence-electron chi connectivity index (χ2n) is 6.90. The Bertz CT molecular complexity index is 725. The Hall–Kier alpha value is -1.91. The first-order valence-corrected chi connectivity index (χ1v) is 9.16. The number of nitrogens with one attached hydrogen (secondary N) is 2. The number of anilines is 1. The van der Waals surface area contributed by atoms with E-state index in [2.05, 4.69) is 92.7 Å². The summed E-state index contributed by atoms with van der Waals surface area (Å²) < 4.78 is 0. The minimum Gasteiger partial charge on any atom is -0.358 e. The van der Waals surface area contributed by atoms with Gasteiger partial charge in [0.1, 0.15) is 0 Å². The molecule has 2 aromatic rings. The summed E-state index contributed by atoms with van der Waals surface area (Å²) in [6.45, 7) is 10.3. The Morgan fingerprint density at radius 2 is 1.76 bits per heavy atom. The van der Waals surface area contributed by atoms with Crippen LogP contribution in [0.5, 0.6) is 0 Å². The summed E-state index contributed by atoms with van der Waals surface area (Å²) in [5, 5.41) is 7.28. The zero-order chi connectivity index (χ0) is 18.4. The Labute approximate surface area is 157 Å². The molecule has 0 aliphatic rings. The molecular formula is C21H29N3S. The second kappa shape index (κ2) is 8.97. The number of thiocarbonyl (C=S) groups is 1. The molecule has 0 spiro atoms. The third-order valence-corrected chi connectivity index (χ3v) is 4.74. The summed E-state index contributed by atoms with van der Waals surface area (Å²) in [5.74, 6) is 0. The lowest BCUT2D eigenvalue weighted by molar-refractivity contribution is 0.265. The van der Waals surface area contributed by atoms with Gasteiger partial charge in [-0.2, -0.15) is 0 Å². The lowest BCUT2D eigenvalue weighted by atomic mass is 10.1. The Balaban J connectivity index is 1.97. The van der Waals surface area contributed by atoms with Crippen LogP contribution in [0.2, 0.25) is 0 Å². The first-order chi connectivity index (χ1) is 11.9. The predicted octanol–water partition coefficient (Wildman–Crippen LogP) is 4.63. The van der Waals surface area contributed by atoms with Crippen molar-refractivity contribution < 1.29 is 0 Å². The van der Waals surface area contributed by atoms with Crippen LogP contribution in [-0.4, -0.2) is 23.1 Å². The largest absolute Gasteiger partial charge is 0.358 e. The van der Waals surface area contributed by atoms with Crippen molar-refractivity contribution in [1.29, 1.82) is 0 Å². The molecule has 25 heavy (non-hydrogen) atoms. The zero-order valence-electron chi connectivity index (χ0n) is 15.9. The summed E-state index contributed by atoms with van der Waals surface area (Å²) >= 11 is 5.47. The van der Waals surface area contributed by atoms with Crippen molar-refractivity contribution >= 4 is 23.0 Å². The lowest BCUT2D eigenvalue weighted by Crippen LogP contribution is -2.30. The molecular weight excluding hydrogens is 326 g/mol. The van der Waals surface area contributed by atoms with Crippen LogP contribution < -0.4 is 10.6 Å². The van der Waals surface area contributed by atoms with E-state index in [0.29, 0.717) is 11.2 Å². The van der Waals surface area contributed by atoms with E-state index in [-0.39, 0.29) is 0 Å². The molecule has 3 nitrogen and oxygen atoms in total. The van der Waals surface area contributed by atoms with Crippen molar-refractivity contribution in [1.82, 2.24) is 10.2 Å². The summed E-state index contributed by atoms with van der Waals surface area (Å²) in [5.41, 5.74) is 6.12. The molecule has 0 fully saturated rings. The van der Waals surface area contributed by atoms with Crippen molar-refractivity contribution in [2.75, 3.05) is 12.4 Å². The molecule has 2 rings (SSSR count). The maximum Gasteiger partial charge on any atom is 0.171 e. The van der Waals surface area contributed by atoms with Gasteiger partial charge in [0.25, 0.3) is 0 Å². The fourth-order valence-electron chi connectivity index (χ4n) is 2.63. The molecule has 0 radical (unpaired) electrons. The van der Waals surface area contributed by atoms with Crippen molar-refractivity contribution in [2.45, 2.75) is 46.8 Å². The maximum absolute atomic E-state index is 5.47. The normalized spacial score (nSPS) is 11.0. The number of hydrogen-bond donors (Lipinski definition) is 2. The van der Waals surface area contributed by atoms with Gasteiger partial charge in [0.05, 0.1) is 0 Å². The summed E-state index contributed by atoms with van der Waals surface area (Å²) in [7, 11) is 2.15. The van der Waals surface area contributed by atoms with Crippen LogP contribution >= 0.6 is 12.2 Å². The molecule has 0 bridgehead atoms. The van der Waals surface area contributed by atoms with E-state index in [1.807, 2.05) is 0 Å². The van der Waals surface area contributed by atoms with Crippen LogP contribution in [0, 0.1) is 13.8 Å². The summed E-state index contributed by atoms with van der Waals surface area (Å²) in [6, 6.07) is 15.4. The van der Waals surface area contributed by atoms with Gasteiger partial charge in [-0.3, -0.25) is 4.90 Å². The Morgan fingerprint density at radius 1 is 1.08 bits per heavy atom. The second-order valence-corrected chi connectivity index (χ2v) is 7.31. The fourth-order valence-corrected chi connectivity index (χ4v) is 2.81. The van der Waals surface area contributed by atoms with Gasteiger partial charge in [-0.15, -0.1) is 0 Å². The molecule has 0 saturated carbocycles. The molecule has 0 aromatic heterocycles. The number of nitrogens with zero attached hydrogens (tertiary/aromatic N) is 1. The van der Waals surface area contributed by atoms with E-state index < -0.39 is 0 Å². The molecule has 0 unspecified atom stereocenters. The van der Waals surface area contributed by atoms with Gasteiger partial charge < -0.3 is 10.6 Å². The van der Waals surface area contributed by atoms with Gasteiger partial charge in [0.2, 0.25) is 0 Å². The number of aryl methyl sites for hydroxylation is 2. The van der Waals surface area contributed by atoms with E-state index >= 15 is 0 Å². The van der Waals surface area contributed by atoms with E-state index in [1.165, 1.54) is 22.3 Å².